The number of benzene rings is 1. The number of hydrogen-bond donors (Lipinski definition) is 3. The maximum absolute atomic E-state index is 6.07. The molecule has 0 bridgehead atoms. The normalized spacial score (nSPS) is 16.0. The molecule has 4 rings (SSSR count). The Hall–Kier alpha value is -1.90. The lowest BCUT2D eigenvalue weighted by Crippen LogP contribution is -2.43. The van der Waals surface area contributed by atoms with Crippen molar-refractivity contribution in [1.29, 1.82) is 0 Å². The first kappa shape index (κ1) is 16.6. The Morgan fingerprint density at radius 1 is 1.32 bits per heavy atom. The van der Waals surface area contributed by atoms with Crippen LogP contribution in [-0.4, -0.2) is 45.8 Å². The second-order valence-corrected chi connectivity index (χ2v) is 7.66. The van der Waals surface area contributed by atoms with E-state index in [0.717, 1.165) is 65.1 Å². The number of hydrogen-bond acceptors (Lipinski definition) is 7. The van der Waals surface area contributed by atoms with Gasteiger partial charge in [0.25, 0.3) is 0 Å². The van der Waals surface area contributed by atoms with Gasteiger partial charge in [-0.1, -0.05) is 22.9 Å². The fourth-order valence-corrected chi connectivity index (χ4v) is 4.41. The number of thiazole rings is 1. The molecule has 7 nitrogen and oxygen atoms in total. The first-order valence-electron chi connectivity index (χ1n) is 8.38. The van der Waals surface area contributed by atoms with Gasteiger partial charge in [0.1, 0.15) is 5.82 Å². The summed E-state index contributed by atoms with van der Waals surface area (Å²) in [6.07, 6.45) is 3.02. The van der Waals surface area contributed by atoms with Crippen LogP contribution in [0.1, 0.15) is 18.7 Å². The monoisotopic (exact) mass is 377 g/mol. The maximum Gasteiger partial charge on any atom is 0.239 e. The summed E-state index contributed by atoms with van der Waals surface area (Å²) in [6, 6.07) is 6.40. The predicted octanol–water partition coefficient (Wildman–Crippen LogP) is 2.45. The number of nitrogens with zero attached hydrogens (tertiary/aromatic N) is 4. The quantitative estimate of drug-likeness (QED) is 0.632. The lowest BCUT2D eigenvalue weighted by Gasteiger charge is -2.32. The first-order chi connectivity index (χ1) is 12.2. The summed E-state index contributed by atoms with van der Waals surface area (Å²) in [5.41, 5.74) is 6.53. The standard InChI is InChI=1S/C16H20ClN7S/c17-10-1-2-12-13(9-10)25-16(20-12)24-7-4-11(5-8-24)19-6-3-14-21-15(18)23-22-14/h1-2,9,11,19H,3-8H2,(H3,18,21,22,23). The Kier molecular flexibility index (Phi) is 4.74. The smallest absolute Gasteiger partial charge is 0.239 e. The van der Waals surface area contributed by atoms with Crippen LogP contribution in [0, 0.1) is 0 Å². The van der Waals surface area contributed by atoms with E-state index in [4.69, 9.17) is 22.3 Å². The highest BCUT2D eigenvalue weighted by Crippen LogP contribution is 2.32. The maximum atomic E-state index is 6.07. The molecule has 1 aliphatic rings. The predicted molar refractivity (Wildman–Crippen MR) is 102 cm³/mol. The Labute approximate surface area is 154 Å². The second kappa shape index (κ2) is 7.15. The van der Waals surface area contributed by atoms with Crippen molar-refractivity contribution < 1.29 is 0 Å². The number of aromatic amines is 1. The van der Waals surface area contributed by atoms with Crippen molar-refractivity contribution in [2.75, 3.05) is 30.3 Å². The number of rotatable bonds is 5. The summed E-state index contributed by atoms with van der Waals surface area (Å²) in [5.74, 6) is 1.14. The molecular formula is C16H20ClN7S. The van der Waals surface area contributed by atoms with Gasteiger partial charge in [-0.3, -0.25) is 5.10 Å². The van der Waals surface area contributed by atoms with Crippen molar-refractivity contribution in [3.63, 3.8) is 0 Å². The van der Waals surface area contributed by atoms with Gasteiger partial charge in [0.15, 0.2) is 5.13 Å². The van der Waals surface area contributed by atoms with Gasteiger partial charge in [-0.25, -0.2) is 4.98 Å². The highest BCUT2D eigenvalue weighted by Gasteiger charge is 2.21. The third-order valence-corrected chi connectivity index (χ3v) is 5.76. The van der Waals surface area contributed by atoms with E-state index in [1.54, 1.807) is 11.3 Å². The molecule has 25 heavy (non-hydrogen) atoms. The van der Waals surface area contributed by atoms with Crippen LogP contribution in [0.3, 0.4) is 0 Å². The molecule has 0 unspecified atom stereocenters. The summed E-state index contributed by atoms with van der Waals surface area (Å²) >= 11 is 7.78. The van der Waals surface area contributed by atoms with Crippen LogP contribution in [-0.2, 0) is 6.42 Å². The van der Waals surface area contributed by atoms with Gasteiger partial charge in [-0.05, 0) is 31.0 Å². The van der Waals surface area contributed by atoms with E-state index in [9.17, 15) is 0 Å². The van der Waals surface area contributed by atoms with Crippen LogP contribution in [0.25, 0.3) is 10.2 Å². The van der Waals surface area contributed by atoms with Crippen molar-refractivity contribution in [3.05, 3.63) is 29.0 Å². The fourth-order valence-electron chi connectivity index (χ4n) is 3.11. The van der Waals surface area contributed by atoms with E-state index in [2.05, 4.69) is 25.4 Å². The number of aromatic nitrogens is 4. The molecule has 4 N–H and O–H groups in total. The van der Waals surface area contributed by atoms with E-state index in [1.807, 2.05) is 18.2 Å². The van der Waals surface area contributed by atoms with Crippen LogP contribution in [0.15, 0.2) is 18.2 Å². The van der Waals surface area contributed by atoms with Crippen molar-refractivity contribution in [3.8, 4) is 0 Å². The lowest BCUT2D eigenvalue weighted by atomic mass is 10.1. The Balaban J connectivity index is 1.28. The molecule has 1 aliphatic heterocycles. The van der Waals surface area contributed by atoms with Gasteiger partial charge >= 0.3 is 0 Å². The van der Waals surface area contributed by atoms with Crippen molar-refractivity contribution in [2.24, 2.45) is 0 Å². The number of fused-ring (bicyclic) bond motifs is 1. The van der Waals surface area contributed by atoms with E-state index in [1.165, 1.54) is 0 Å². The molecule has 9 heteroatoms. The third kappa shape index (κ3) is 3.86. The molecular weight excluding hydrogens is 358 g/mol. The second-order valence-electron chi connectivity index (χ2n) is 6.21. The minimum Gasteiger partial charge on any atom is -0.367 e. The number of nitrogens with one attached hydrogen (secondary N) is 2. The summed E-state index contributed by atoms with van der Waals surface area (Å²) < 4.78 is 1.15. The molecule has 132 valence electrons. The van der Waals surface area contributed by atoms with Gasteiger partial charge in [0, 0.05) is 37.1 Å². The number of nitrogens with two attached hydrogens (primary N) is 1. The molecule has 1 saturated heterocycles. The van der Waals surface area contributed by atoms with E-state index in [0.29, 0.717) is 12.0 Å². The average molecular weight is 378 g/mol. The Bertz CT molecular complexity index is 853. The highest BCUT2D eigenvalue weighted by molar-refractivity contribution is 7.22. The van der Waals surface area contributed by atoms with E-state index < -0.39 is 0 Å². The number of piperidine rings is 1. The Morgan fingerprint density at radius 2 is 2.16 bits per heavy atom. The number of halogens is 1. The molecule has 3 heterocycles. The topological polar surface area (TPSA) is 95.7 Å². The van der Waals surface area contributed by atoms with E-state index >= 15 is 0 Å². The fraction of sp³-hybridized carbons (Fsp3) is 0.438. The summed E-state index contributed by atoms with van der Waals surface area (Å²) in [7, 11) is 0. The zero-order valence-corrected chi connectivity index (χ0v) is 15.3. The van der Waals surface area contributed by atoms with Gasteiger partial charge in [0.2, 0.25) is 5.95 Å². The number of H-pyrrole nitrogens is 1. The first-order valence-corrected chi connectivity index (χ1v) is 9.58. The average Bonchev–Trinajstić information content (AvgIpc) is 3.21. The molecule has 0 spiro atoms. The minimum atomic E-state index is 0.306. The molecule has 0 radical (unpaired) electrons. The molecule has 0 saturated carbocycles. The zero-order chi connectivity index (χ0) is 17.2. The molecule has 2 aromatic heterocycles. The van der Waals surface area contributed by atoms with Crippen LogP contribution in [0.5, 0.6) is 0 Å². The van der Waals surface area contributed by atoms with Crippen molar-refractivity contribution in [2.45, 2.75) is 25.3 Å². The van der Waals surface area contributed by atoms with E-state index in [-0.39, 0.29) is 0 Å². The van der Waals surface area contributed by atoms with Gasteiger partial charge in [0.05, 0.1) is 10.2 Å². The lowest BCUT2D eigenvalue weighted by molar-refractivity contribution is 0.416. The Morgan fingerprint density at radius 3 is 2.92 bits per heavy atom. The minimum absolute atomic E-state index is 0.306. The van der Waals surface area contributed by atoms with Crippen LogP contribution in [0.4, 0.5) is 11.1 Å². The number of nitrogen functional groups attached to an aromatic ring is 1. The van der Waals surface area contributed by atoms with Gasteiger partial charge < -0.3 is 16.0 Å². The summed E-state index contributed by atoms with van der Waals surface area (Å²) in [5, 5.41) is 12.1. The molecule has 1 fully saturated rings. The summed E-state index contributed by atoms with van der Waals surface area (Å²) in [4.78, 5) is 11.2. The van der Waals surface area contributed by atoms with Crippen LogP contribution < -0.4 is 16.0 Å². The third-order valence-electron chi connectivity index (χ3n) is 4.45. The van der Waals surface area contributed by atoms with Crippen LogP contribution in [0.2, 0.25) is 5.02 Å². The molecule has 0 amide bonds. The van der Waals surface area contributed by atoms with Crippen LogP contribution >= 0.6 is 22.9 Å². The van der Waals surface area contributed by atoms with Crippen molar-refractivity contribution >= 4 is 44.2 Å². The van der Waals surface area contributed by atoms with Gasteiger partial charge in [-0.2, -0.15) is 4.98 Å². The van der Waals surface area contributed by atoms with Gasteiger partial charge in [-0.15, -0.1) is 5.10 Å². The SMILES string of the molecule is Nc1n[nH]c(CCNC2CCN(c3nc4ccc(Cl)cc4s3)CC2)n1. The summed E-state index contributed by atoms with van der Waals surface area (Å²) in [6.45, 7) is 2.90. The zero-order valence-electron chi connectivity index (χ0n) is 13.7. The molecule has 1 aromatic carbocycles. The largest absolute Gasteiger partial charge is 0.367 e. The molecule has 0 atom stereocenters. The molecule has 3 aromatic rings. The highest BCUT2D eigenvalue weighted by atomic mass is 35.5. The molecule has 0 aliphatic carbocycles. The van der Waals surface area contributed by atoms with Crippen molar-refractivity contribution in [1.82, 2.24) is 25.5 Å². The number of anilines is 2.